The maximum Gasteiger partial charge on any atom is 0.123 e. The molecule has 0 nitrogen and oxygen atoms in total. The highest BCUT2D eigenvalue weighted by Gasteiger charge is 1.99. The second-order valence-corrected chi connectivity index (χ2v) is 4.53. The maximum absolute atomic E-state index is 12.6. The summed E-state index contributed by atoms with van der Waals surface area (Å²) < 4.78 is 12.6. The van der Waals surface area contributed by atoms with Crippen molar-refractivity contribution < 1.29 is 4.39 Å². The van der Waals surface area contributed by atoms with Crippen LogP contribution in [0.25, 0.3) is 0 Å². The summed E-state index contributed by atoms with van der Waals surface area (Å²) in [6, 6.07) is 6.65. The number of hydrogen-bond acceptors (Lipinski definition) is 1. The van der Waals surface area contributed by atoms with Crippen LogP contribution in [0, 0.1) is 18.7 Å². The monoisotopic (exact) mass is 211 g/mol. The van der Waals surface area contributed by atoms with E-state index in [1.807, 2.05) is 12.1 Å². The Labute approximate surface area is 89.9 Å². The lowest BCUT2D eigenvalue weighted by molar-refractivity contribution is 0.607. The molecule has 1 radical (unpaired) electrons. The molecule has 77 valence electrons. The SMILES string of the molecule is [CH2]C(CC)CCSc1ccc(F)cc1. The van der Waals surface area contributed by atoms with Gasteiger partial charge in [-0.25, -0.2) is 4.39 Å². The van der Waals surface area contributed by atoms with Crippen molar-refractivity contribution in [1.82, 2.24) is 0 Å². The van der Waals surface area contributed by atoms with E-state index in [9.17, 15) is 4.39 Å². The van der Waals surface area contributed by atoms with Gasteiger partial charge >= 0.3 is 0 Å². The summed E-state index contributed by atoms with van der Waals surface area (Å²) in [5.74, 6) is 1.44. The van der Waals surface area contributed by atoms with Gasteiger partial charge in [0.2, 0.25) is 0 Å². The van der Waals surface area contributed by atoms with Gasteiger partial charge in [0.1, 0.15) is 5.82 Å². The van der Waals surface area contributed by atoms with Gasteiger partial charge in [-0.15, -0.1) is 11.8 Å². The van der Waals surface area contributed by atoms with Gasteiger partial charge in [-0.3, -0.25) is 0 Å². The third-order valence-corrected chi connectivity index (χ3v) is 3.23. The fourth-order valence-corrected chi connectivity index (χ4v) is 2.09. The zero-order valence-electron chi connectivity index (χ0n) is 8.50. The minimum absolute atomic E-state index is 0.169. The van der Waals surface area contributed by atoms with Crippen molar-refractivity contribution in [3.63, 3.8) is 0 Å². The fourth-order valence-electron chi connectivity index (χ4n) is 1.08. The Morgan fingerprint density at radius 1 is 1.36 bits per heavy atom. The summed E-state index contributed by atoms with van der Waals surface area (Å²) in [7, 11) is 0. The van der Waals surface area contributed by atoms with Crippen LogP contribution in [-0.2, 0) is 0 Å². The molecule has 0 saturated heterocycles. The first-order valence-corrected chi connectivity index (χ1v) is 5.92. The van der Waals surface area contributed by atoms with E-state index in [0.29, 0.717) is 5.92 Å². The molecule has 0 amide bonds. The maximum atomic E-state index is 12.6. The number of benzene rings is 1. The topological polar surface area (TPSA) is 0 Å². The van der Waals surface area contributed by atoms with Crippen molar-refractivity contribution in [2.24, 2.45) is 5.92 Å². The fraction of sp³-hybridized carbons (Fsp3) is 0.417. The Kier molecular flexibility index (Phi) is 5.02. The van der Waals surface area contributed by atoms with Crippen LogP contribution in [0.3, 0.4) is 0 Å². The highest BCUT2D eigenvalue weighted by molar-refractivity contribution is 7.99. The molecule has 0 heterocycles. The molecule has 0 spiro atoms. The number of halogens is 1. The quantitative estimate of drug-likeness (QED) is 0.659. The van der Waals surface area contributed by atoms with E-state index in [1.54, 1.807) is 11.8 Å². The summed E-state index contributed by atoms with van der Waals surface area (Å²) in [5, 5.41) is 0. The van der Waals surface area contributed by atoms with Gasteiger partial charge < -0.3 is 0 Å². The summed E-state index contributed by atoms with van der Waals surface area (Å²) in [5.41, 5.74) is 0. The van der Waals surface area contributed by atoms with Crippen molar-refractivity contribution in [1.29, 1.82) is 0 Å². The lowest BCUT2D eigenvalue weighted by Crippen LogP contribution is -1.93. The minimum atomic E-state index is -0.169. The van der Waals surface area contributed by atoms with E-state index in [1.165, 1.54) is 12.1 Å². The molecular weight excluding hydrogens is 195 g/mol. The van der Waals surface area contributed by atoms with Crippen LogP contribution in [0.15, 0.2) is 29.2 Å². The van der Waals surface area contributed by atoms with Gasteiger partial charge in [-0.1, -0.05) is 20.3 Å². The van der Waals surface area contributed by atoms with Gasteiger partial charge in [0, 0.05) is 4.90 Å². The highest BCUT2D eigenvalue weighted by atomic mass is 32.2. The lowest BCUT2D eigenvalue weighted by Gasteiger charge is -2.07. The Bertz CT molecular complexity index is 256. The molecule has 1 aromatic rings. The van der Waals surface area contributed by atoms with E-state index in [0.717, 1.165) is 23.5 Å². The number of thioether (sulfide) groups is 1. The van der Waals surface area contributed by atoms with E-state index in [4.69, 9.17) is 0 Å². The van der Waals surface area contributed by atoms with Crippen molar-refractivity contribution >= 4 is 11.8 Å². The smallest absolute Gasteiger partial charge is 0.123 e. The predicted molar refractivity (Wildman–Crippen MR) is 60.9 cm³/mol. The zero-order valence-corrected chi connectivity index (χ0v) is 9.32. The molecule has 0 aliphatic carbocycles. The molecule has 1 rings (SSSR count). The Hall–Kier alpha value is -0.500. The van der Waals surface area contributed by atoms with Gasteiger partial charge in [-0.05, 0) is 42.4 Å². The largest absolute Gasteiger partial charge is 0.207 e. The zero-order chi connectivity index (χ0) is 10.4. The molecule has 0 aliphatic heterocycles. The van der Waals surface area contributed by atoms with Crippen LogP contribution in [0.2, 0.25) is 0 Å². The van der Waals surface area contributed by atoms with Gasteiger partial charge in [0.05, 0.1) is 0 Å². The van der Waals surface area contributed by atoms with Crippen molar-refractivity contribution in [3.8, 4) is 0 Å². The Morgan fingerprint density at radius 2 is 2.00 bits per heavy atom. The standard InChI is InChI=1S/C12H16FS/c1-3-10(2)8-9-14-12-6-4-11(13)5-7-12/h4-7,10H,2-3,8-9H2,1H3. The molecule has 14 heavy (non-hydrogen) atoms. The average Bonchev–Trinajstić information content (AvgIpc) is 2.21. The second-order valence-electron chi connectivity index (χ2n) is 3.37. The van der Waals surface area contributed by atoms with Gasteiger partial charge in [0.15, 0.2) is 0 Å². The first-order valence-electron chi connectivity index (χ1n) is 4.94. The molecule has 1 aromatic carbocycles. The summed E-state index contributed by atoms with van der Waals surface area (Å²) in [6.07, 6.45) is 2.25. The van der Waals surface area contributed by atoms with Crippen molar-refractivity contribution in [2.75, 3.05) is 5.75 Å². The summed E-state index contributed by atoms with van der Waals surface area (Å²) in [4.78, 5) is 1.13. The molecule has 0 fully saturated rings. The van der Waals surface area contributed by atoms with Crippen LogP contribution < -0.4 is 0 Å². The number of rotatable bonds is 5. The molecule has 0 bridgehead atoms. The Balaban J connectivity index is 2.28. The van der Waals surface area contributed by atoms with Crippen LogP contribution in [0.4, 0.5) is 4.39 Å². The average molecular weight is 211 g/mol. The molecule has 2 heteroatoms. The summed E-state index contributed by atoms with van der Waals surface area (Å²) in [6.45, 7) is 6.18. The van der Waals surface area contributed by atoms with Gasteiger partial charge in [-0.2, -0.15) is 0 Å². The molecular formula is C12H16FS. The third kappa shape index (κ3) is 4.14. The molecule has 0 saturated carbocycles. The molecule has 1 atom stereocenters. The van der Waals surface area contributed by atoms with Crippen LogP contribution >= 0.6 is 11.8 Å². The van der Waals surface area contributed by atoms with Crippen LogP contribution in [0.5, 0.6) is 0 Å². The number of hydrogen-bond donors (Lipinski definition) is 0. The molecule has 1 unspecified atom stereocenters. The lowest BCUT2D eigenvalue weighted by atomic mass is 10.1. The van der Waals surface area contributed by atoms with Crippen LogP contribution in [0.1, 0.15) is 19.8 Å². The van der Waals surface area contributed by atoms with E-state index >= 15 is 0 Å². The van der Waals surface area contributed by atoms with Crippen molar-refractivity contribution in [2.45, 2.75) is 24.7 Å². The van der Waals surface area contributed by atoms with Crippen molar-refractivity contribution in [3.05, 3.63) is 37.0 Å². The molecule has 0 aliphatic rings. The van der Waals surface area contributed by atoms with E-state index < -0.39 is 0 Å². The third-order valence-electron chi connectivity index (χ3n) is 2.19. The predicted octanol–water partition coefficient (Wildman–Crippen LogP) is 4.17. The molecule has 0 aromatic heterocycles. The Morgan fingerprint density at radius 3 is 2.57 bits per heavy atom. The second kappa shape index (κ2) is 6.07. The molecule has 0 N–H and O–H groups in total. The van der Waals surface area contributed by atoms with Gasteiger partial charge in [0.25, 0.3) is 0 Å². The first kappa shape index (κ1) is 11.6. The van der Waals surface area contributed by atoms with E-state index in [2.05, 4.69) is 13.8 Å². The van der Waals surface area contributed by atoms with E-state index in [-0.39, 0.29) is 5.82 Å². The minimum Gasteiger partial charge on any atom is -0.207 e. The van der Waals surface area contributed by atoms with Crippen LogP contribution in [-0.4, -0.2) is 5.75 Å². The highest BCUT2D eigenvalue weighted by Crippen LogP contribution is 2.21. The summed E-state index contributed by atoms with van der Waals surface area (Å²) >= 11 is 1.77. The normalized spacial score (nSPS) is 12.8. The first-order chi connectivity index (χ1) is 6.72.